The van der Waals surface area contributed by atoms with Crippen LogP contribution in [0.25, 0.3) is 0 Å². The highest BCUT2D eigenvalue weighted by molar-refractivity contribution is 9.10. The van der Waals surface area contributed by atoms with E-state index in [0.29, 0.717) is 12.2 Å². The Morgan fingerprint density at radius 2 is 1.67 bits per heavy atom. The van der Waals surface area contributed by atoms with Gasteiger partial charge in [0.2, 0.25) is 0 Å². The summed E-state index contributed by atoms with van der Waals surface area (Å²) in [6.07, 6.45) is 0.534. The summed E-state index contributed by atoms with van der Waals surface area (Å²) < 4.78 is 2.07. The van der Waals surface area contributed by atoms with Crippen LogP contribution in [0.4, 0.5) is 0 Å². The van der Waals surface area contributed by atoms with E-state index in [2.05, 4.69) is 61.4 Å². The zero-order chi connectivity index (χ0) is 18.8. The summed E-state index contributed by atoms with van der Waals surface area (Å²) in [5.41, 5.74) is 4.09. The van der Waals surface area contributed by atoms with E-state index in [1.165, 1.54) is 0 Å². The lowest BCUT2D eigenvalue weighted by Gasteiger charge is -2.31. The number of hydrogen-bond acceptors (Lipinski definition) is 3. The molecule has 3 nitrogen and oxygen atoms in total. The Kier molecular flexibility index (Phi) is 5.43. The van der Waals surface area contributed by atoms with Crippen LogP contribution in [0.1, 0.15) is 35.3 Å². The van der Waals surface area contributed by atoms with Crippen molar-refractivity contribution in [1.82, 2.24) is 5.32 Å². The van der Waals surface area contributed by atoms with Crippen LogP contribution in [0.5, 0.6) is 5.75 Å². The predicted octanol–water partition coefficient (Wildman–Crippen LogP) is 6.14. The molecule has 136 valence electrons. The minimum Gasteiger partial charge on any atom is -0.508 e. The van der Waals surface area contributed by atoms with Gasteiger partial charge in [0, 0.05) is 32.7 Å². The Morgan fingerprint density at radius 3 is 2.41 bits per heavy atom. The first-order valence-electron chi connectivity index (χ1n) is 8.72. The maximum absolute atomic E-state index is 10.4. The number of hydrogen-bond donors (Lipinski definition) is 2. The molecule has 1 aliphatic heterocycles. The topological polar surface area (TPSA) is 44.6 Å². The van der Waals surface area contributed by atoms with Gasteiger partial charge in [0.05, 0.1) is 0 Å². The highest BCUT2D eigenvalue weighted by atomic mass is 79.9. The Hall–Kier alpha value is -1.95. The first-order chi connectivity index (χ1) is 13.1. The third-order valence-corrected chi connectivity index (χ3v) is 5.72. The van der Waals surface area contributed by atoms with Crippen molar-refractivity contribution in [2.24, 2.45) is 4.99 Å². The summed E-state index contributed by atoms with van der Waals surface area (Å²) in [5, 5.41) is 13.9. The number of nitrogens with zero attached hydrogens (tertiary/aromatic N) is 1. The van der Waals surface area contributed by atoms with Gasteiger partial charge in [-0.25, -0.2) is 0 Å². The molecule has 0 spiro atoms. The largest absolute Gasteiger partial charge is 0.508 e. The number of nitrogens with one attached hydrogen (secondary N) is 1. The van der Waals surface area contributed by atoms with Crippen LogP contribution in [-0.2, 0) is 0 Å². The molecule has 0 bridgehead atoms. The van der Waals surface area contributed by atoms with Crippen LogP contribution in [-0.4, -0.2) is 10.8 Å². The molecule has 1 aliphatic rings. The first kappa shape index (κ1) is 18.4. The molecular weight excluding hydrogens is 468 g/mol. The number of benzene rings is 3. The normalized spacial score (nSPS) is 19.6. The van der Waals surface area contributed by atoms with E-state index in [1.54, 1.807) is 6.07 Å². The van der Waals surface area contributed by atoms with Gasteiger partial charge in [-0.05, 0) is 41.5 Å². The lowest BCUT2D eigenvalue weighted by atomic mass is 9.93. The molecule has 3 aromatic rings. The van der Waals surface area contributed by atoms with Gasteiger partial charge in [-0.3, -0.25) is 10.3 Å². The number of aromatic hydroxyl groups is 1. The Morgan fingerprint density at radius 1 is 0.889 bits per heavy atom. The molecule has 4 rings (SSSR count). The van der Waals surface area contributed by atoms with E-state index in [9.17, 15) is 5.11 Å². The maximum atomic E-state index is 10.4. The SMILES string of the molecule is Oc1ccccc1[C@H]1CC(c2cccc(Br)c2)=N[C@@H](c2ccc(Br)cc2)N1. The summed E-state index contributed by atoms with van der Waals surface area (Å²) in [7, 11) is 0. The summed E-state index contributed by atoms with van der Waals surface area (Å²) in [6.45, 7) is 0. The van der Waals surface area contributed by atoms with E-state index in [-0.39, 0.29) is 12.2 Å². The first-order valence-corrected chi connectivity index (χ1v) is 10.3. The van der Waals surface area contributed by atoms with E-state index < -0.39 is 0 Å². The van der Waals surface area contributed by atoms with Gasteiger partial charge in [0.15, 0.2) is 0 Å². The molecule has 0 saturated heterocycles. The molecule has 27 heavy (non-hydrogen) atoms. The minimum absolute atomic E-state index is 0.0219. The molecule has 3 aromatic carbocycles. The van der Waals surface area contributed by atoms with Gasteiger partial charge < -0.3 is 5.11 Å². The van der Waals surface area contributed by atoms with Gasteiger partial charge in [0.25, 0.3) is 0 Å². The Balaban J connectivity index is 1.76. The third-order valence-electron chi connectivity index (χ3n) is 4.70. The molecule has 2 N–H and O–H groups in total. The lowest BCUT2D eigenvalue weighted by Crippen LogP contribution is -2.33. The zero-order valence-corrected chi connectivity index (χ0v) is 17.6. The van der Waals surface area contributed by atoms with E-state index in [1.807, 2.05) is 42.5 Å². The molecule has 2 atom stereocenters. The van der Waals surface area contributed by atoms with E-state index in [0.717, 1.165) is 31.3 Å². The number of phenolic OH excluding ortho intramolecular Hbond substituents is 1. The molecular formula is C22H18Br2N2O. The van der Waals surface area contributed by atoms with Crippen molar-refractivity contribution in [3.63, 3.8) is 0 Å². The fourth-order valence-corrected chi connectivity index (χ4v) is 4.01. The van der Waals surface area contributed by atoms with Crippen LogP contribution in [0.2, 0.25) is 0 Å². The molecule has 0 aliphatic carbocycles. The zero-order valence-electron chi connectivity index (χ0n) is 14.4. The Labute approximate surface area is 175 Å². The van der Waals surface area contributed by atoms with Gasteiger partial charge in [-0.15, -0.1) is 0 Å². The van der Waals surface area contributed by atoms with Crippen molar-refractivity contribution in [2.75, 3.05) is 0 Å². The summed E-state index contributed by atoms with van der Waals surface area (Å²) >= 11 is 7.04. The van der Waals surface area contributed by atoms with Crippen LogP contribution < -0.4 is 5.32 Å². The molecule has 0 fully saturated rings. The second-order valence-corrected chi connectivity index (χ2v) is 8.35. The van der Waals surface area contributed by atoms with Gasteiger partial charge in [-0.2, -0.15) is 0 Å². The summed E-state index contributed by atoms with van der Waals surface area (Å²) in [5.74, 6) is 0.306. The summed E-state index contributed by atoms with van der Waals surface area (Å²) in [6, 6.07) is 23.9. The van der Waals surface area contributed by atoms with Crippen molar-refractivity contribution >= 4 is 37.6 Å². The van der Waals surface area contributed by atoms with Crippen molar-refractivity contribution in [1.29, 1.82) is 0 Å². The second kappa shape index (κ2) is 7.97. The van der Waals surface area contributed by atoms with Crippen molar-refractivity contribution in [3.05, 3.63) is 98.4 Å². The van der Waals surface area contributed by atoms with Gasteiger partial charge in [-0.1, -0.05) is 74.3 Å². The van der Waals surface area contributed by atoms with Crippen molar-refractivity contribution in [3.8, 4) is 5.75 Å². The maximum Gasteiger partial charge on any atom is 0.126 e. The van der Waals surface area contributed by atoms with Crippen molar-refractivity contribution in [2.45, 2.75) is 18.6 Å². The molecule has 5 heteroatoms. The smallest absolute Gasteiger partial charge is 0.126 e. The van der Waals surface area contributed by atoms with Crippen LogP contribution in [0, 0.1) is 0 Å². The van der Waals surface area contributed by atoms with Crippen LogP contribution in [0.15, 0.2) is 86.7 Å². The molecule has 1 heterocycles. The monoisotopic (exact) mass is 484 g/mol. The van der Waals surface area contributed by atoms with E-state index in [4.69, 9.17) is 4.99 Å². The Bertz CT molecular complexity index is 986. The number of para-hydroxylation sites is 1. The van der Waals surface area contributed by atoms with Gasteiger partial charge >= 0.3 is 0 Å². The van der Waals surface area contributed by atoms with Gasteiger partial charge in [0.1, 0.15) is 11.9 Å². The summed E-state index contributed by atoms with van der Waals surface area (Å²) in [4.78, 5) is 4.99. The second-order valence-electron chi connectivity index (χ2n) is 6.52. The lowest BCUT2D eigenvalue weighted by molar-refractivity contribution is 0.412. The van der Waals surface area contributed by atoms with Crippen LogP contribution >= 0.6 is 31.9 Å². The molecule has 0 radical (unpaired) electrons. The molecule has 0 unspecified atom stereocenters. The highest BCUT2D eigenvalue weighted by Crippen LogP contribution is 2.34. The van der Waals surface area contributed by atoms with E-state index >= 15 is 0 Å². The predicted molar refractivity (Wildman–Crippen MR) is 116 cm³/mol. The highest BCUT2D eigenvalue weighted by Gasteiger charge is 2.27. The fraction of sp³-hybridized carbons (Fsp3) is 0.136. The molecule has 0 aromatic heterocycles. The molecule has 0 amide bonds. The van der Waals surface area contributed by atoms with Crippen LogP contribution in [0.3, 0.4) is 0 Å². The fourth-order valence-electron chi connectivity index (χ4n) is 3.35. The average molecular weight is 486 g/mol. The average Bonchev–Trinajstić information content (AvgIpc) is 2.68. The quantitative estimate of drug-likeness (QED) is 0.468. The number of aliphatic imine (C=N–C) groups is 1. The minimum atomic E-state index is -0.176. The number of phenols is 1. The number of rotatable bonds is 3. The number of halogens is 2. The standard InChI is InChI=1S/C22H18Br2N2O/c23-16-10-8-14(9-11-16)22-25-19(15-4-3-5-17(24)12-15)13-20(26-22)18-6-1-2-7-21(18)27/h1-12,20,22,26-27H,13H2/t20-,22-/m1/s1. The molecule has 0 saturated carbocycles. The van der Waals surface area contributed by atoms with Crippen molar-refractivity contribution < 1.29 is 5.11 Å². The third kappa shape index (κ3) is 4.15.